The summed E-state index contributed by atoms with van der Waals surface area (Å²) in [5, 5.41) is 21.6. The van der Waals surface area contributed by atoms with Gasteiger partial charge in [0.25, 0.3) is 11.8 Å². The van der Waals surface area contributed by atoms with E-state index in [0.29, 0.717) is 37.2 Å². The zero-order valence-corrected chi connectivity index (χ0v) is 57.0. The molecule has 87 heavy (non-hydrogen) atoms. The lowest BCUT2D eigenvalue weighted by atomic mass is 9.92. The number of nitrogens with zero attached hydrogens (tertiary/aromatic N) is 9. The van der Waals surface area contributed by atoms with Crippen LogP contribution >= 0.6 is 73.9 Å². The molecule has 3 unspecified atom stereocenters. The normalized spacial score (nSPS) is 11.8. The number of halogens is 2. The number of alkyl carbamates (subject to hydrolysis) is 2. The SMILES string of the molecule is CBr.CC(C)(C)c1cc(N)ncn1.CC(N)c1ncc(C(=O)Nc2cc(C(C)(C)C)ncn2)s1.CC(NC(=O)OCc1ccccc1)c1ncc(C(=O)Nc2cc(C(C)(C)C)ncn2)s1.CC(NC(=O)OCc1ccccc1)c1ncc(C(=O)O)s1.I. The molecule has 6 heterocycles. The van der Waals surface area contributed by atoms with Crippen LogP contribution in [0.15, 0.2) is 116 Å². The summed E-state index contributed by atoms with van der Waals surface area (Å²) in [6.07, 6.45) is 7.55. The van der Waals surface area contributed by atoms with Gasteiger partial charge in [-0.25, -0.2) is 59.2 Å². The zero-order valence-electron chi connectivity index (χ0n) is 50.6. The second-order valence-electron chi connectivity index (χ2n) is 21.7. The molecule has 0 aliphatic rings. The summed E-state index contributed by atoms with van der Waals surface area (Å²) in [5.74, 6) is 1.67. The molecule has 0 spiro atoms. The highest BCUT2D eigenvalue weighted by molar-refractivity contribution is 14.0. The molecule has 0 aliphatic heterocycles. The fourth-order valence-electron chi connectivity index (χ4n) is 6.60. The number of hydrogen-bond acceptors (Lipinski definition) is 21. The number of aromatic nitrogens is 9. The molecule has 8 rings (SSSR count). The third-order valence-electron chi connectivity index (χ3n) is 11.3. The van der Waals surface area contributed by atoms with Crippen LogP contribution in [0.3, 0.4) is 0 Å². The first-order valence-corrected chi connectivity index (χ1v) is 30.6. The van der Waals surface area contributed by atoms with E-state index in [4.69, 9.17) is 26.0 Å². The summed E-state index contributed by atoms with van der Waals surface area (Å²) in [6.45, 7) is 24.2. The molecular weight excluding hydrogens is 1350 g/mol. The Balaban J connectivity index is 0.000000314. The van der Waals surface area contributed by atoms with E-state index in [1.54, 1.807) is 32.0 Å². The molecule has 4 amide bonds. The average Bonchev–Trinajstić information content (AvgIpc) is 4.06. The number of carboxylic acids is 1. The fraction of sp³-hybridized carbons (Fsp3) is 0.356. The summed E-state index contributed by atoms with van der Waals surface area (Å²) < 4.78 is 10.3. The molecule has 8 aromatic rings. The lowest BCUT2D eigenvalue weighted by molar-refractivity contribution is 0.0701. The molecular formula is C59H75BrIN15O8S3. The Morgan fingerprint density at radius 3 is 1.21 bits per heavy atom. The summed E-state index contributed by atoms with van der Waals surface area (Å²) in [5.41, 5.74) is 15.5. The number of thiazole rings is 3. The molecule has 9 N–H and O–H groups in total. The van der Waals surface area contributed by atoms with Crippen molar-refractivity contribution < 1.29 is 38.6 Å². The van der Waals surface area contributed by atoms with Crippen molar-refractivity contribution in [2.24, 2.45) is 5.73 Å². The van der Waals surface area contributed by atoms with Gasteiger partial charge in [-0.1, -0.05) is 139 Å². The standard InChI is InChI=1S/C22H25N5O3S.C14H19N5OS.C14H14N2O4S.C8H13N3.CH3Br.HI/c1-14(26-21(29)30-12-15-8-6-5-7-9-15)20-23-11-16(31-20)19(28)27-18-10-17(22(2,3)4)24-13-25-18;1-8(15)13-16-6-9(21-13)12(20)19-11-5-10(14(2,3)4)17-7-18-11;1-9(12-15-7-11(21-12)13(17)18)16-14(19)20-8-10-5-3-2-4-6-10;1-8(2,3)6-4-7(9)11-5-10-6;1-2;/h5-11,13-14H,12H2,1-4H3,(H,26,29)(H,24,25,27,28);5-8H,15H2,1-4H3,(H,17,18,19,20);2-7,9H,8H2,1H3,(H,16,19)(H,17,18);4-5H,1-3H3,(H2,9,10,11);1H3;1H. The molecule has 23 nitrogen and oxygen atoms in total. The number of carbonyl (C=O) groups excluding carboxylic acids is 4. The Morgan fingerprint density at radius 2 is 0.874 bits per heavy atom. The Hall–Kier alpha value is -7.51. The maximum Gasteiger partial charge on any atom is 0.408 e. The van der Waals surface area contributed by atoms with Crippen LogP contribution in [0.2, 0.25) is 0 Å². The van der Waals surface area contributed by atoms with Gasteiger partial charge in [0.2, 0.25) is 0 Å². The number of aromatic carboxylic acids is 1. The van der Waals surface area contributed by atoms with Gasteiger partial charge in [0.05, 0.1) is 53.8 Å². The van der Waals surface area contributed by atoms with Crippen molar-refractivity contribution in [1.29, 1.82) is 0 Å². The van der Waals surface area contributed by atoms with Crippen molar-refractivity contribution in [2.45, 2.75) is 131 Å². The fourth-order valence-corrected chi connectivity index (χ4v) is 8.94. The van der Waals surface area contributed by atoms with Crippen molar-refractivity contribution in [1.82, 2.24) is 55.5 Å². The smallest absolute Gasteiger partial charge is 0.408 e. The van der Waals surface area contributed by atoms with Gasteiger partial charge in [-0.05, 0) is 37.7 Å². The predicted octanol–water partition coefficient (Wildman–Crippen LogP) is 12.8. The maximum absolute atomic E-state index is 12.6. The van der Waals surface area contributed by atoms with E-state index >= 15 is 0 Å². The highest BCUT2D eigenvalue weighted by Gasteiger charge is 2.22. The van der Waals surface area contributed by atoms with Gasteiger partial charge >= 0.3 is 18.2 Å². The van der Waals surface area contributed by atoms with E-state index in [0.717, 1.165) is 44.6 Å². The van der Waals surface area contributed by atoms with Gasteiger partial charge in [0, 0.05) is 34.4 Å². The number of anilines is 3. The highest BCUT2D eigenvalue weighted by Crippen LogP contribution is 2.26. The molecule has 2 aromatic carbocycles. The van der Waals surface area contributed by atoms with Crippen molar-refractivity contribution >= 4 is 121 Å². The lowest BCUT2D eigenvalue weighted by Gasteiger charge is -2.17. The van der Waals surface area contributed by atoms with Gasteiger partial charge in [-0.15, -0.1) is 58.0 Å². The maximum atomic E-state index is 12.6. The zero-order chi connectivity index (χ0) is 63.8. The average molecular weight is 1430 g/mol. The summed E-state index contributed by atoms with van der Waals surface area (Å²) in [7, 11) is 0. The van der Waals surface area contributed by atoms with Crippen LogP contribution in [0.25, 0.3) is 0 Å². The minimum atomic E-state index is -1.03. The van der Waals surface area contributed by atoms with Crippen LogP contribution in [0.4, 0.5) is 27.0 Å². The van der Waals surface area contributed by atoms with Crippen LogP contribution in [0.1, 0.15) is 173 Å². The van der Waals surface area contributed by atoms with Crippen molar-refractivity contribution in [3.05, 3.63) is 174 Å². The number of carboxylic acid groups (broad SMARTS) is 1. The number of nitrogens with two attached hydrogens (primary N) is 2. The van der Waals surface area contributed by atoms with Gasteiger partial charge in [-0.3, -0.25) is 9.59 Å². The topological polar surface area (TPSA) is 340 Å². The third-order valence-corrected chi connectivity index (χ3v) is 14.8. The number of carbonyl (C=O) groups is 5. The lowest BCUT2D eigenvalue weighted by Crippen LogP contribution is -2.27. The Morgan fingerprint density at radius 1 is 0.529 bits per heavy atom. The molecule has 28 heteroatoms. The first kappa shape index (κ1) is 73.7. The first-order chi connectivity index (χ1) is 40.5. The van der Waals surface area contributed by atoms with E-state index < -0.39 is 30.2 Å². The molecule has 0 aliphatic carbocycles. The number of alkyl halides is 1. The van der Waals surface area contributed by atoms with E-state index in [2.05, 4.69) is 124 Å². The number of benzene rings is 2. The number of ether oxygens (including phenoxy) is 2. The predicted molar refractivity (Wildman–Crippen MR) is 355 cm³/mol. The molecule has 0 saturated heterocycles. The molecule has 0 radical (unpaired) electrons. The van der Waals surface area contributed by atoms with Gasteiger partial charge < -0.3 is 47.3 Å². The molecule has 3 atom stereocenters. The molecule has 6 aromatic heterocycles. The Kier molecular flexibility index (Phi) is 30.0. The van der Waals surface area contributed by atoms with Crippen LogP contribution < -0.4 is 32.7 Å². The third kappa shape index (κ3) is 25.8. The van der Waals surface area contributed by atoms with Crippen molar-refractivity contribution in [3.8, 4) is 0 Å². The van der Waals surface area contributed by atoms with Crippen molar-refractivity contribution in [2.75, 3.05) is 22.2 Å². The molecule has 0 fully saturated rings. The minimum Gasteiger partial charge on any atom is -0.477 e. The highest BCUT2D eigenvalue weighted by atomic mass is 127. The minimum absolute atomic E-state index is 0. The summed E-state index contributed by atoms with van der Waals surface area (Å²) >= 11 is 6.45. The van der Waals surface area contributed by atoms with Crippen LogP contribution in [-0.2, 0) is 38.9 Å². The molecule has 0 saturated carbocycles. The monoisotopic (exact) mass is 1420 g/mol. The van der Waals surface area contributed by atoms with Gasteiger partial charge in [0.1, 0.15) is 79.3 Å². The van der Waals surface area contributed by atoms with Crippen LogP contribution in [-0.4, -0.2) is 85.8 Å². The quantitative estimate of drug-likeness (QED) is 0.0393. The first-order valence-electron chi connectivity index (χ1n) is 26.6. The number of nitrogen functional groups attached to an aromatic ring is 1. The Labute approximate surface area is 544 Å². The van der Waals surface area contributed by atoms with Crippen LogP contribution in [0.5, 0.6) is 0 Å². The molecule has 466 valence electrons. The molecule has 0 bridgehead atoms. The largest absolute Gasteiger partial charge is 0.477 e. The van der Waals surface area contributed by atoms with E-state index in [1.807, 2.05) is 94.2 Å². The van der Waals surface area contributed by atoms with Crippen LogP contribution in [0, 0.1) is 0 Å². The van der Waals surface area contributed by atoms with E-state index in [1.165, 1.54) is 60.2 Å². The number of hydrogen-bond donors (Lipinski definition) is 7. The van der Waals surface area contributed by atoms with Crippen molar-refractivity contribution in [3.63, 3.8) is 0 Å². The second kappa shape index (κ2) is 35.3. The van der Waals surface area contributed by atoms with Gasteiger partial charge in [0.15, 0.2) is 0 Å². The summed E-state index contributed by atoms with van der Waals surface area (Å²) in [6, 6.07) is 23.1. The number of rotatable bonds is 14. The number of nitrogens with one attached hydrogen (secondary N) is 4. The summed E-state index contributed by atoms with van der Waals surface area (Å²) in [4.78, 5) is 97.3. The van der Waals surface area contributed by atoms with E-state index in [-0.39, 0.29) is 76.2 Å². The Bertz CT molecular complexity index is 3450. The van der Waals surface area contributed by atoms with Gasteiger partial charge in [-0.2, -0.15) is 0 Å². The van der Waals surface area contributed by atoms with E-state index in [9.17, 15) is 24.0 Å². The number of amides is 4. The second-order valence-corrected chi connectivity index (χ2v) is 24.9.